The van der Waals surface area contributed by atoms with Gasteiger partial charge in [-0.3, -0.25) is 0 Å². The van der Waals surface area contributed by atoms with Crippen LogP contribution in [-0.4, -0.2) is 5.91 Å². The standard InChI is InChI=1S/C9H10NO/c1-2-6-9(11)10-7-4-3-5-8-10/h2-8H,1H3/q+1. The summed E-state index contributed by atoms with van der Waals surface area (Å²) < 4.78 is 1.53. The summed E-state index contributed by atoms with van der Waals surface area (Å²) in [4.78, 5) is 11.1. The Hall–Kier alpha value is -1.44. The second kappa shape index (κ2) is 3.66. The SMILES string of the molecule is CC=CC(=O)[n+]1ccccc1. The average molecular weight is 148 g/mol. The number of nitrogens with zero attached hydrogens (tertiary/aromatic N) is 1. The lowest BCUT2D eigenvalue weighted by molar-refractivity contribution is -0.570. The number of hydrogen-bond acceptors (Lipinski definition) is 1. The van der Waals surface area contributed by atoms with Crippen molar-refractivity contribution in [3.63, 3.8) is 0 Å². The predicted molar refractivity (Wildman–Crippen MR) is 42.1 cm³/mol. The molecule has 1 rings (SSSR count). The third kappa shape index (κ3) is 2.00. The van der Waals surface area contributed by atoms with Crippen molar-refractivity contribution in [2.45, 2.75) is 6.92 Å². The molecular weight excluding hydrogens is 138 g/mol. The minimum absolute atomic E-state index is 0.0203. The largest absolute Gasteiger partial charge is 0.417 e. The highest BCUT2D eigenvalue weighted by Gasteiger charge is 2.05. The molecule has 0 atom stereocenters. The van der Waals surface area contributed by atoms with Crippen LogP contribution >= 0.6 is 0 Å². The zero-order chi connectivity index (χ0) is 8.10. The zero-order valence-electron chi connectivity index (χ0n) is 6.40. The number of allylic oxidation sites excluding steroid dienone is 2. The molecule has 0 fully saturated rings. The summed E-state index contributed by atoms with van der Waals surface area (Å²) in [5.74, 6) is -0.0203. The van der Waals surface area contributed by atoms with E-state index in [4.69, 9.17) is 0 Å². The first-order chi connectivity index (χ1) is 5.34. The fourth-order valence-electron chi connectivity index (χ4n) is 0.774. The van der Waals surface area contributed by atoms with Crippen molar-refractivity contribution in [1.82, 2.24) is 0 Å². The molecule has 1 aromatic rings. The molecule has 0 aromatic carbocycles. The van der Waals surface area contributed by atoms with Gasteiger partial charge in [0.05, 0.1) is 6.08 Å². The summed E-state index contributed by atoms with van der Waals surface area (Å²) in [5.41, 5.74) is 0. The summed E-state index contributed by atoms with van der Waals surface area (Å²) in [7, 11) is 0. The van der Waals surface area contributed by atoms with Crippen LogP contribution in [0.2, 0.25) is 0 Å². The quantitative estimate of drug-likeness (QED) is 0.433. The van der Waals surface area contributed by atoms with Gasteiger partial charge in [-0.1, -0.05) is 12.1 Å². The van der Waals surface area contributed by atoms with Crippen LogP contribution < -0.4 is 4.57 Å². The van der Waals surface area contributed by atoms with E-state index in [9.17, 15) is 4.79 Å². The fraction of sp³-hybridized carbons (Fsp3) is 0.111. The maximum Gasteiger partial charge on any atom is 0.417 e. The van der Waals surface area contributed by atoms with Crippen molar-refractivity contribution in [1.29, 1.82) is 0 Å². The van der Waals surface area contributed by atoms with Crippen molar-refractivity contribution in [2.24, 2.45) is 0 Å². The molecule has 56 valence electrons. The van der Waals surface area contributed by atoms with Gasteiger partial charge in [0.1, 0.15) is 0 Å². The molecule has 2 nitrogen and oxygen atoms in total. The second-order valence-corrected chi connectivity index (χ2v) is 2.12. The van der Waals surface area contributed by atoms with Gasteiger partial charge in [-0.05, 0) is 6.92 Å². The molecule has 2 heteroatoms. The van der Waals surface area contributed by atoms with Gasteiger partial charge in [-0.2, -0.15) is 0 Å². The second-order valence-electron chi connectivity index (χ2n) is 2.12. The molecule has 0 saturated carbocycles. The van der Waals surface area contributed by atoms with E-state index >= 15 is 0 Å². The lowest BCUT2D eigenvalue weighted by Crippen LogP contribution is -2.39. The summed E-state index contributed by atoms with van der Waals surface area (Å²) in [5, 5.41) is 0. The average Bonchev–Trinajstić information content (AvgIpc) is 2.07. The van der Waals surface area contributed by atoms with E-state index in [1.54, 1.807) is 18.5 Å². The molecule has 11 heavy (non-hydrogen) atoms. The maximum atomic E-state index is 11.1. The Kier molecular flexibility index (Phi) is 2.55. The van der Waals surface area contributed by atoms with E-state index in [2.05, 4.69) is 0 Å². The molecule has 1 aromatic heterocycles. The van der Waals surface area contributed by atoms with Gasteiger partial charge in [0, 0.05) is 12.1 Å². The van der Waals surface area contributed by atoms with Gasteiger partial charge >= 0.3 is 5.91 Å². The van der Waals surface area contributed by atoms with E-state index in [-0.39, 0.29) is 5.91 Å². The number of pyridine rings is 1. The molecule has 0 radical (unpaired) electrons. The molecule has 0 unspecified atom stereocenters. The van der Waals surface area contributed by atoms with E-state index in [1.807, 2.05) is 25.1 Å². The molecule has 0 amide bonds. The Morgan fingerprint density at radius 3 is 2.45 bits per heavy atom. The summed E-state index contributed by atoms with van der Waals surface area (Å²) in [6, 6.07) is 5.52. The maximum absolute atomic E-state index is 11.1. The van der Waals surface area contributed by atoms with Crippen molar-refractivity contribution in [2.75, 3.05) is 0 Å². The molecule has 0 N–H and O–H groups in total. The molecule has 1 heterocycles. The first-order valence-corrected chi connectivity index (χ1v) is 3.48. The van der Waals surface area contributed by atoms with Crippen LogP contribution in [-0.2, 0) is 0 Å². The predicted octanol–water partition coefficient (Wildman–Crippen LogP) is 1.19. The monoisotopic (exact) mass is 148 g/mol. The van der Waals surface area contributed by atoms with Crippen LogP contribution in [0.4, 0.5) is 0 Å². The Labute approximate surface area is 65.8 Å². The van der Waals surface area contributed by atoms with Gasteiger partial charge in [-0.25, -0.2) is 4.79 Å². The highest BCUT2D eigenvalue weighted by atomic mass is 16.1. The fourth-order valence-corrected chi connectivity index (χ4v) is 0.774. The Morgan fingerprint density at radius 1 is 1.27 bits per heavy atom. The zero-order valence-corrected chi connectivity index (χ0v) is 6.40. The molecular formula is C9H10NO+. The van der Waals surface area contributed by atoms with Gasteiger partial charge in [0.15, 0.2) is 12.4 Å². The van der Waals surface area contributed by atoms with Crippen LogP contribution in [0.3, 0.4) is 0 Å². The van der Waals surface area contributed by atoms with Gasteiger partial charge < -0.3 is 0 Å². The van der Waals surface area contributed by atoms with E-state index in [1.165, 1.54) is 10.6 Å². The van der Waals surface area contributed by atoms with E-state index in [0.717, 1.165) is 0 Å². The van der Waals surface area contributed by atoms with Crippen molar-refractivity contribution in [3.8, 4) is 0 Å². The Balaban J connectivity index is 2.86. The summed E-state index contributed by atoms with van der Waals surface area (Å²) in [6.45, 7) is 1.82. The van der Waals surface area contributed by atoms with Crippen LogP contribution in [0.25, 0.3) is 0 Å². The van der Waals surface area contributed by atoms with E-state index in [0.29, 0.717) is 0 Å². The minimum Gasteiger partial charge on any atom is -0.214 e. The van der Waals surface area contributed by atoms with Crippen LogP contribution in [0.1, 0.15) is 11.7 Å². The Morgan fingerprint density at radius 2 is 1.91 bits per heavy atom. The van der Waals surface area contributed by atoms with Crippen molar-refractivity contribution in [3.05, 3.63) is 42.7 Å². The number of carbonyl (C=O) groups is 1. The number of carbonyl (C=O) groups excluding carboxylic acids is 1. The summed E-state index contributed by atoms with van der Waals surface area (Å²) in [6.07, 6.45) is 6.70. The molecule has 0 spiro atoms. The smallest absolute Gasteiger partial charge is 0.214 e. The third-order valence-corrected chi connectivity index (χ3v) is 1.28. The Bertz CT molecular complexity index is 264. The van der Waals surface area contributed by atoms with Crippen LogP contribution in [0, 0.1) is 0 Å². The first-order valence-electron chi connectivity index (χ1n) is 3.48. The number of hydrogen-bond donors (Lipinski definition) is 0. The van der Waals surface area contributed by atoms with Crippen LogP contribution in [0.5, 0.6) is 0 Å². The van der Waals surface area contributed by atoms with Crippen LogP contribution in [0.15, 0.2) is 42.7 Å². The number of rotatable bonds is 1. The van der Waals surface area contributed by atoms with Crippen molar-refractivity contribution < 1.29 is 9.36 Å². The minimum atomic E-state index is -0.0203. The normalized spacial score (nSPS) is 10.3. The summed E-state index contributed by atoms with van der Waals surface area (Å²) >= 11 is 0. The van der Waals surface area contributed by atoms with Gasteiger partial charge in [0.2, 0.25) is 0 Å². The van der Waals surface area contributed by atoms with Crippen molar-refractivity contribution >= 4 is 5.91 Å². The topological polar surface area (TPSA) is 20.9 Å². The molecule has 0 bridgehead atoms. The third-order valence-electron chi connectivity index (χ3n) is 1.28. The van der Waals surface area contributed by atoms with Gasteiger partial charge in [-0.15, -0.1) is 4.57 Å². The molecule has 0 aliphatic carbocycles. The highest BCUT2D eigenvalue weighted by Crippen LogP contribution is 1.78. The molecule has 0 aliphatic rings. The molecule has 0 aliphatic heterocycles. The van der Waals surface area contributed by atoms with Gasteiger partial charge in [0.25, 0.3) is 0 Å². The molecule has 0 saturated heterocycles. The highest BCUT2D eigenvalue weighted by molar-refractivity contribution is 5.79. The first kappa shape index (κ1) is 7.66. The lowest BCUT2D eigenvalue weighted by atomic mass is 10.4. The van der Waals surface area contributed by atoms with E-state index < -0.39 is 0 Å². The number of aromatic nitrogens is 1. The lowest BCUT2D eigenvalue weighted by Gasteiger charge is -1.85.